The van der Waals surface area contributed by atoms with Gasteiger partial charge in [0.2, 0.25) is 0 Å². The molecule has 0 aliphatic heterocycles. The highest BCUT2D eigenvalue weighted by Gasteiger charge is 2.17. The highest BCUT2D eigenvalue weighted by molar-refractivity contribution is 5.91. The minimum absolute atomic E-state index is 0.142. The van der Waals surface area contributed by atoms with E-state index in [0.717, 1.165) is 17.9 Å². The number of carbonyl (C=O) groups is 1. The molecular formula is C30H40N2O4. The number of nitrogens with zero attached hydrogens (tertiary/aromatic N) is 1. The van der Waals surface area contributed by atoms with E-state index in [9.17, 15) is 4.79 Å². The molecule has 0 radical (unpaired) electrons. The van der Waals surface area contributed by atoms with Crippen LogP contribution in [0.3, 0.4) is 0 Å². The van der Waals surface area contributed by atoms with Crippen molar-refractivity contribution in [3.8, 4) is 11.5 Å². The minimum atomic E-state index is -0.212. The van der Waals surface area contributed by atoms with Crippen LogP contribution >= 0.6 is 0 Å². The first-order chi connectivity index (χ1) is 17.1. The molecule has 1 amide bonds. The van der Waals surface area contributed by atoms with E-state index in [4.69, 9.17) is 13.9 Å². The number of rotatable bonds is 11. The Hall–Kier alpha value is -3.25. The average Bonchev–Trinajstić information content (AvgIpc) is 3.32. The molecule has 194 valence electrons. The fourth-order valence-corrected chi connectivity index (χ4v) is 3.99. The van der Waals surface area contributed by atoms with E-state index in [-0.39, 0.29) is 11.3 Å². The largest absolute Gasteiger partial charge is 0.493 e. The monoisotopic (exact) mass is 492 g/mol. The van der Waals surface area contributed by atoms with Gasteiger partial charge in [0, 0.05) is 19.1 Å². The van der Waals surface area contributed by atoms with E-state index >= 15 is 0 Å². The van der Waals surface area contributed by atoms with Gasteiger partial charge in [-0.25, -0.2) is 0 Å². The Bertz CT molecular complexity index is 1130. The van der Waals surface area contributed by atoms with Gasteiger partial charge in [-0.05, 0) is 66.6 Å². The second kappa shape index (κ2) is 12.1. The van der Waals surface area contributed by atoms with Gasteiger partial charge in [0.15, 0.2) is 17.3 Å². The van der Waals surface area contributed by atoms with Gasteiger partial charge >= 0.3 is 0 Å². The molecule has 2 aromatic carbocycles. The third kappa shape index (κ3) is 7.37. The smallest absolute Gasteiger partial charge is 0.287 e. The quantitative estimate of drug-likeness (QED) is 0.357. The number of nitrogens with one attached hydrogen (secondary N) is 1. The Morgan fingerprint density at radius 1 is 0.917 bits per heavy atom. The molecule has 3 aromatic rings. The maximum atomic E-state index is 12.6. The molecule has 0 fully saturated rings. The number of carbonyl (C=O) groups excluding carboxylic acids is 1. The van der Waals surface area contributed by atoms with Crippen LogP contribution in [0.1, 0.15) is 67.6 Å². The van der Waals surface area contributed by atoms with Crippen LogP contribution in [0.2, 0.25) is 0 Å². The molecule has 0 aliphatic carbocycles. The summed E-state index contributed by atoms with van der Waals surface area (Å²) in [7, 11) is 3.22. The summed E-state index contributed by atoms with van der Waals surface area (Å²) in [5.41, 5.74) is 3.78. The second-order valence-electron chi connectivity index (χ2n) is 10.4. The summed E-state index contributed by atoms with van der Waals surface area (Å²) in [5.74, 6) is 2.26. The average molecular weight is 493 g/mol. The normalized spacial score (nSPS) is 11.7. The van der Waals surface area contributed by atoms with Crippen LogP contribution in [-0.4, -0.2) is 37.6 Å². The number of ether oxygens (including phenoxy) is 2. The van der Waals surface area contributed by atoms with Gasteiger partial charge < -0.3 is 19.2 Å². The van der Waals surface area contributed by atoms with Crippen LogP contribution in [-0.2, 0) is 24.9 Å². The van der Waals surface area contributed by atoms with Crippen LogP contribution in [0.25, 0.3) is 0 Å². The molecule has 36 heavy (non-hydrogen) atoms. The lowest BCUT2D eigenvalue weighted by molar-refractivity contribution is 0.0921. The molecule has 1 heterocycles. The van der Waals surface area contributed by atoms with E-state index in [1.807, 2.05) is 24.3 Å². The first-order valence-corrected chi connectivity index (χ1v) is 12.5. The number of methoxy groups -OCH3 is 2. The van der Waals surface area contributed by atoms with Crippen LogP contribution in [0.4, 0.5) is 0 Å². The Balaban J connectivity index is 1.55. The molecule has 0 bridgehead atoms. The Morgan fingerprint density at radius 3 is 2.19 bits per heavy atom. The Kier molecular flexibility index (Phi) is 9.21. The maximum absolute atomic E-state index is 12.6. The number of hydrogen-bond donors (Lipinski definition) is 1. The molecular weight excluding hydrogens is 452 g/mol. The van der Waals surface area contributed by atoms with Crippen molar-refractivity contribution in [2.45, 2.75) is 65.6 Å². The van der Waals surface area contributed by atoms with Crippen molar-refractivity contribution >= 4 is 5.91 Å². The van der Waals surface area contributed by atoms with Crippen molar-refractivity contribution in [3.05, 3.63) is 82.8 Å². The van der Waals surface area contributed by atoms with Crippen molar-refractivity contribution < 1.29 is 18.7 Å². The number of hydrogen-bond acceptors (Lipinski definition) is 5. The van der Waals surface area contributed by atoms with E-state index in [0.29, 0.717) is 42.8 Å². The third-order valence-electron chi connectivity index (χ3n) is 6.33. The topological polar surface area (TPSA) is 63.9 Å². The minimum Gasteiger partial charge on any atom is -0.493 e. The fraction of sp³-hybridized carbons (Fsp3) is 0.433. The van der Waals surface area contributed by atoms with Gasteiger partial charge in [-0.15, -0.1) is 0 Å². The lowest BCUT2D eigenvalue weighted by atomic mass is 9.87. The zero-order chi connectivity index (χ0) is 26.3. The van der Waals surface area contributed by atoms with Crippen LogP contribution < -0.4 is 14.8 Å². The van der Waals surface area contributed by atoms with Crippen molar-refractivity contribution in [2.75, 3.05) is 20.8 Å². The summed E-state index contributed by atoms with van der Waals surface area (Å²) in [6, 6.07) is 18.6. The molecule has 0 aliphatic rings. The van der Waals surface area contributed by atoms with Crippen molar-refractivity contribution in [1.82, 2.24) is 10.2 Å². The van der Waals surface area contributed by atoms with E-state index in [2.05, 4.69) is 69.1 Å². The predicted molar refractivity (Wildman–Crippen MR) is 144 cm³/mol. The molecule has 6 nitrogen and oxygen atoms in total. The zero-order valence-corrected chi connectivity index (χ0v) is 22.7. The lowest BCUT2D eigenvalue weighted by Crippen LogP contribution is -2.29. The van der Waals surface area contributed by atoms with E-state index in [1.165, 1.54) is 11.1 Å². The molecule has 6 heteroatoms. The lowest BCUT2D eigenvalue weighted by Gasteiger charge is -2.26. The maximum Gasteiger partial charge on any atom is 0.287 e. The number of furan rings is 1. The fourth-order valence-electron chi connectivity index (χ4n) is 3.99. The first-order valence-electron chi connectivity index (χ1n) is 12.5. The number of amides is 1. The van der Waals surface area contributed by atoms with Crippen LogP contribution in [0, 0.1) is 0 Å². The highest BCUT2D eigenvalue weighted by atomic mass is 16.5. The molecule has 1 N–H and O–H groups in total. The van der Waals surface area contributed by atoms with Gasteiger partial charge in [0.1, 0.15) is 5.76 Å². The van der Waals surface area contributed by atoms with Gasteiger partial charge in [-0.1, -0.05) is 51.1 Å². The van der Waals surface area contributed by atoms with Gasteiger partial charge in [0.25, 0.3) is 5.91 Å². The third-order valence-corrected chi connectivity index (χ3v) is 6.33. The standard InChI is InChI=1S/C30H40N2O4/c1-21(2)32(19-23-8-11-24(12-9-23)30(3,4)5)20-25-13-15-27(36-25)29(33)31-17-16-22-10-14-26(34-6)28(18-22)35-7/h8-15,18,21H,16-17,19-20H2,1-7H3,(H,31,33). The van der Waals surface area contributed by atoms with Crippen LogP contribution in [0.15, 0.2) is 59.0 Å². The van der Waals surface area contributed by atoms with Crippen molar-refractivity contribution in [2.24, 2.45) is 0 Å². The van der Waals surface area contributed by atoms with Crippen molar-refractivity contribution in [1.29, 1.82) is 0 Å². The predicted octanol–water partition coefficient (Wildman–Crippen LogP) is 5.98. The van der Waals surface area contributed by atoms with Gasteiger partial charge in [-0.2, -0.15) is 0 Å². The van der Waals surface area contributed by atoms with E-state index < -0.39 is 0 Å². The summed E-state index contributed by atoms with van der Waals surface area (Å²) in [5, 5.41) is 2.94. The number of benzene rings is 2. The molecule has 0 unspecified atom stereocenters. The van der Waals surface area contributed by atoms with Gasteiger partial charge in [0.05, 0.1) is 20.8 Å². The molecule has 0 saturated carbocycles. The first kappa shape index (κ1) is 27.3. The summed E-state index contributed by atoms with van der Waals surface area (Å²) >= 11 is 0. The molecule has 0 spiro atoms. The zero-order valence-electron chi connectivity index (χ0n) is 22.7. The van der Waals surface area contributed by atoms with E-state index in [1.54, 1.807) is 20.3 Å². The SMILES string of the molecule is COc1ccc(CCNC(=O)c2ccc(CN(Cc3ccc(C(C)(C)C)cc3)C(C)C)o2)cc1OC. The molecule has 0 saturated heterocycles. The van der Waals surface area contributed by atoms with Crippen LogP contribution in [0.5, 0.6) is 11.5 Å². The molecule has 0 atom stereocenters. The molecule has 1 aromatic heterocycles. The van der Waals surface area contributed by atoms with Gasteiger partial charge in [-0.3, -0.25) is 9.69 Å². The highest BCUT2D eigenvalue weighted by Crippen LogP contribution is 2.27. The Morgan fingerprint density at radius 2 is 1.58 bits per heavy atom. The Labute approximate surface area is 215 Å². The summed E-state index contributed by atoms with van der Waals surface area (Å²) in [6.45, 7) is 13.0. The summed E-state index contributed by atoms with van der Waals surface area (Å²) < 4.78 is 16.5. The molecule has 3 rings (SSSR count). The van der Waals surface area contributed by atoms with Crippen molar-refractivity contribution in [3.63, 3.8) is 0 Å². The second-order valence-corrected chi connectivity index (χ2v) is 10.4. The summed E-state index contributed by atoms with van der Waals surface area (Å²) in [6.07, 6.45) is 0.675. The summed E-state index contributed by atoms with van der Waals surface area (Å²) in [4.78, 5) is 15.0.